The Hall–Kier alpha value is -4.89. The van der Waals surface area contributed by atoms with Crippen LogP contribution in [0.3, 0.4) is 0 Å². The van der Waals surface area contributed by atoms with Crippen LogP contribution in [0.15, 0.2) is 138 Å². The van der Waals surface area contributed by atoms with Gasteiger partial charge in [-0.05, 0) is 65.3 Å². The van der Waals surface area contributed by atoms with Gasteiger partial charge in [0.15, 0.2) is 0 Å². The second kappa shape index (κ2) is 12.8. The minimum Gasteiger partial charge on any atom is -0.456 e. The number of benzene rings is 5. The van der Waals surface area contributed by atoms with Gasteiger partial charge in [-0.2, -0.15) is 0 Å². The van der Waals surface area contributed by atoms with Gasteiger partial charge in [-0.25, -0.2) is 0 Å². The van der Waals surface area contributed by atoms with E-state index in [4.69, 9.17) is 8.53 Å². The van der Waals surface area contributed by atoms with Gasteiger partial charge in [0.1, 0.15) is 11.2 Å². The molecule has 0 aliphatic heterocycles. The Labute approximate surface area is 274 Å². The van der Waals surface area contributed by atoms with E-state index in [1.54, 1.807) is 18.2 Å². The fraction of sp³-hybridized carbons (Fsp3) is 0.0500. The summed E-state index contributed by atoms with van der Waals surface area (Å²) in [5.41, 5.74) is 9.19. The summed E-state index contributed by atoms with van der Waals surface area (Å²) < 4.78 is 27.8. The van der Waals surface area contributed by atoms with E-state index in [0.717, 1.165) is 44.6 Å². The molecule has 4 heteroatoms. The van der Waals surface area contributed by atoms with Gasteiger partial charge in [0.25, 0.3) is 0 Å². The van der Waals surface area contributed by atoms with Crippen LogP contribution >= 0.6 is 0 Å². The number of rotatable bonds is 3. The van der Waals surface area contributed by atoms with Crippen LogP contribution in [0.25, 0.3) is 66.4 Å². The summed E-state index contributed by atoms with van der Waals surface area (Å²) >= 11 is 0. The third-order valence-electron chi connectivity index (χ3n) is 7.45. The van der Waals surface area contributed by atoms with E-state index >= 15 is 0 Å². The van der Waals surface area contributed by atoms with Crippen molar-refractivity contribution in [1.29, 1.82) is 0 Å². The van der Waals surface area contributed by atoms with Crippen LogP contribution < -0.4 is 0 Å². The molecule has 3 heterocycles. The molecular weight excluding hydrogens is 717 g/mol. The molecule has 0 saturated heterocycles. The Bertz CT molecular complexity index is 2310. The van der Waals surface area contributed by atoms with E-state index in [0.29, 0.717) is 0 Å². The van der Waals surface area contributed by atoms with Crippen molar-refractivity contribution in [2.24, 2.45) is 0 Å². The number of para-hydroxylation sites is 1. The van der Waals surface area contributed by atoms with Gasteiger partial charge in [-0.1, -0.05) is 66.2 Å². The molecule has 0 aliphatic carbocycles. The van der Waals surface area contributed by atoms with Crippen LogP contribution in [0.2, 0.25) is 0 Å². The van der Waals surface area contributed by atoms with Gasteiger partial charge >= 0.3 is 0 Å². The number of furan rings is 1. The van der Waals surface area contributed by atoms with Crippen molar-refractivity contribution in [2.45, 2.75) is 13.8 Å². The zero-order valence-electron chi connectivity index (χ0n) is 26.8. The molecule has 0 unspecified atom stereocenters. The van der Waals surface area contributed by atoms with E-state index in [9.17, 15) is 0 Å². The minimum atomic E-state index is -2.09. The first-order valence-electron chi connectivity index (χ1n) is 15.6. The van der Waals surface area contributed by atoms with Crippen molar-refractivity contribution in [3.8, 4) is 33.6 Å². The molecular formula is C40H28IrN2O-2. The van der Waals surface area contributed by atoms with Crippen LogP contribution in [0.5, 0.6) is 0 Å². The Balaban J connectivity index is 0.000000194. The number of nitrogens with zero attached hydrogens (tertiary/aromatic N) is 2. The number of hydrogen-bond donors (Lipinski definition) is 0. The predicted octanol–water partition coefficient (Wildman–Crippen LogP) is 10.4. The smallest absolute Gasteiger partial charge is 0.136 e. The molecule has 0 aliphatic rings. The van der Waals surface area contributed by atoms with Gasteiger partial charge in [-0.15, -0.1) is 71.3 Å². The monoisotopic (exact) mass is 748 g/mol. The van der Waals surface area contributed by atoms with E-state index in [1.165, 1.54) is 33.5 Å². The summed E-state index contributed by atoms with van der Waals surface area (Å²) in [7, 11) is 0. The van der Waals surface area contributed by atoms with E-state index in [-0.39, 0.29) is 25.7 Å². The van der Waals surface area contributed by atoms with Crippen molar-refractivity contribution in [1.82, 2.24) is 9.97 Å². The number of aromatic nitrogens is 2. The Kier molecular flexibility index (Phi) is 7.43. The van der Waals surface area contributed by atoms with Crippen LogP contribution in [0.4, 0.5) is 0 Å². The third-order valence-corrected chi connectivity index (χ3v) is 7.45. The quantitative estimate of drug-likeness (QED) is 0.169. The molecule has 0 saturated carbocycles. The standard InChI is InChI=1S/C28H18NO.C12H10N.Ir/c1-18-14-15-29-25(16-18)20-7-4-6-19(17-20)21-9-5-10-23-22(21)12-13-27-28(23)24-8-2-3-11-26(24)30-27;1-10-7-8-12(13-9-10)11-5-3-2-4-6-11;/h2-6,8-17H,1H3;2-5,7-9H,1H3;/q2*-1;/i;1D3;. The second-order valence-corrected chi connectivity index (χ2v) is 10.4. The topological polar surface area (TPSA) is 38.9 Å². The average Bonchev–Trinajstić information content (AvgIpc) is 3.48. The Morgan fingerprint density at radius 2 is 1.50 bits per heavy atom. The molecule has 3 nitrogen and oxygen atoms in total. The number of aryl methyl sites for hydroxylation is 2. The first-order valence-corrected chi connectivity index (χ1v) is 14.1. The first-order chi connectivity index (χ1) is 22.3. The van der Waals surface area contributed by atoms with Gasteiger partial charge in [0, 0.05) is 47.4 Å². The number of fused-ring (bicyclic) bond motifs is 5. The number of pyridine rings is 2. The fourth-order valence-corrected chi connectivity index (χ4v) is 5.40. The van der Waals surface area contributed by atoms with Crippen molar-refractivity contribution < 1.29 is 28.6 Å². The van der Waals surface area contributed by atoms with Crippen LogP contribution in [0.1, 0.15) is 15.2 Å². The van der Waals surface area contributed by atoms with E-state index < -0.39 is 6.85 Å². The van der Waals surface area contributed by atoms with E-state index in [2.05, 4.69) is 89.7 Å². The molecule has 215 valence electrons. The molecule has 0 atom stereocenters. The first kappa shape index (κ1) is 25.6. The minimum absolute atomic E-state index is 0. The average molecular weight is 748 g/mol. The Morgan fingerprint density at radius 3 is 2.32 bits per heavy atom. The maximum absolute atomic E-state index is 7.23. The zero-order chi connectivity index (χ0) is 31.7. The van der Waals surface area contributed by atoms with Crippen molar-refractivity contribution in [2.75, 3.05) is 0 Å². The van der Waals surface area contributed by atoms with Crippen LogP contribution in [0, 0.1) is 25.9 Å². The van der Waals surface area contributed by atoms with E-state index in [1.807, 2.05) is 48.7 Å². The molecule has 3 aromatic heterocycles. The molecule has 1 radical (unpaired) electrons. The predicted molar refractivity (Wildman–Crippen MR) is 177 cm³/mol. The largest absolute Gasteiger partial charge is 0.456 e. The van der Waals surface area contributed by atoms with Crippen LogP contribution in [-0.2, 0) is 20.1 Å². The van der Waals surface area contributed by atoms with Gasteiger partial charge in [0.2, 0.25) is 0 Å². The SMILES string of the molecule is Cc1ccnc(-c2[c-]ccc(-c3cccc4c3ccc3oc5ccccc5c34)c2)c1.[2H]C([2H])([2H])c1ccc(-c2[c-]cccc2)nc1.[Ir]. The Morgan fingerprint density at radius 1 is 0.636 bits per heavy atom. The van der Waals surface area contributed by atoms with Crippen molar-refractivity contribution in [3.05, 3.63) is 157 Å². The maximum Gasteiger partial charge on any atom is 0.136 e. The molecule has 8 aromatic rings. The summed E-state index contributed by atoms with van der Waals surface area (Å²) in [6, 6.07) is 46.5. The normalized spacial score (nSPS) is 12.1. The van der Waals surface area contributed by atoms with Crippen molar-refractivity contribution in [3.63, 3.8) is 0 Å². The molecule has 0 amide bonds. The number of hydrogen-bond acceptors (Lipinski definition) is 3. The molecule has 0 bridgehead atoms. The summed E-state index contributed by atoms with van der Waals surface area (Å²) in [5, 5.41) is 4.75. The summed E-state index contributed by atoms with van der Waals surface area (Å²) in [6.45, 7) is -0.00779. The molecule has 0 N–H and O–H groups in total. The van der Waals surface area contributed by atoms with Gasteiger partial charge in [-0.3, -0.25) is 0 Å². The molecule has 8 rings (SSSR count). The molecule has 0 fully saturated rings. The second-order valence-electron chi connectivity index (χ2n) is 10.4. The summed E-state index contributed by atoms with van der Waals surface area (Å²) in [5.74, 6) is 0. The van der Waals surface area contributed by atoms with Gasteiger partial charge < -0.3 is 14.4 Å². The fourth-order valence-electron chi connectivity index (χ4n) is 5.40. The zero-order valence-corrected chi connectivity index (χ0v) is 26.2. The molecule has 0 spiro atoms. The maximum atomic E-state index is 7.23. The van der Waals surface area contributed by atoms with Gasteiger partial charge in [0.05, 0.1) is 0 Å². The third kappa shape index (κ3) is 5.83. The van der Waals surface area contributed by atoms with Crippen LogP contribution in [-0.4, -0.2) is 9.97 Å². The summed E-state index contributed by atoms with van der Waals surface area (Å²) in [6.07, 6.45) is 3.24. The molecule has 5 aromatic carbocycles. The molecule has 44 heavy (non-hydrogen) atoms. The van der Waals surface area contributed by atoms with Crippen molar-refractivity contribution >= 4 is 32.7 Å². The summed E-state index contributed by atoms with van der Waals surface area (Å²) in [4.78, 5) is 8.66.